The predicted molar refractivity (Wildman–Crippen MR) is 71.2 cm³/mol. The van der Waals surface area contributed by atoms with Gasteiger partial charge >= 0.3 is 12.0 Å². The number of nitrogen functional groups attached to an aromatic ring is 1. The van der Waals surface area contributed by atoms with Crippen molar-refractivity contribution in [3.05, 3.63) is 29.6 Å². The number of halogens is 1. The average Bonchev–Trinajstić information content (AvgIpc) is 2.45. The van der Waals surface area contributed by atoms with Gasteiger partial charge in [0.25, 0.3) is 0 Å². The molecule has 0 aliphatic rings. The fourth-order valence-corrected chi connectivity index (χ4v) is 1.41. The van der Waals surface area contributed by atoms with Gasteiger partial charge in [-0.25, -0.2) is 4.39 Å². The first kappa shape index (κ1) is 14.5. The Hall–Kier alpha value is -2.95. The van der Waals surface area contributed by atoms with Crippen molar-refractivity contribution in [2.24, 2.45) is 0 Å². The monoisotopic (exact) mass is 289 g/mol. The van der Waals surface area contributed by atoms with Crippen molar-refractivity contribution in [1.29, 1.82) is 5.26 Å². The van der Waals surface area contributed by atoms with Crippen LogP contribution in [0.4, 0.5) is 10.3 Å². The number of nitrogens with two attached hydrogens (primary N) is 1. The normalized spacial score (nSPS) is 9.95. The molecule has 108 valence electrons. The van der Waals surface area contributed by atoms with E-state index in [4.69, 9.17) is 20.5 Å². The molecule has 2 N–H and O–H groups in total. The molecule has 0 aliphatic carbocycles. The van der Waals surface area contributed by atoms with E-state index in [0.717, 1.165) is 12.5 Å². The number of nitrogens with zero attached hydrogens (tertiary/aromatic N) is 4. The predicted octanol–water partition coefficient (Wildman–Crippen LogP) is 2.05. The summed E-state index contributed by atoms with van der Waals surface area (Å²) in [6.07, 6.45) is 0.780. The number of hydrogen-bond donors (Lipinski definition) is 1. The molecule has 1 aromatic carbocycles. The molecule has 0 spiro atoms. The first-order chi connectivity index (χ1) is 10.1. The second kappa shape index (κ2) is 6.47. The number of ether oxygens (including phenoxy) is 2. The highest BCUT2D eigenvalue weighted by Crippen LogP contribution is 2.22. The molecule has 0 fully saturated rings. The van der Waals surface area contributed by atoms with Crippen LogP contribution in [0.2, 0.25) is 0 Å². The minimum atomic E-state index is -0.695. The Morgan fingerprint density at radius 3 is 2.71 bits per heavy atom. The van der Waals surface area contributed by atoms with Crippen LogP contribution in [-0.2, 0) is 0 Å². The van der Waals surface area contributed by atoms with Crippen LogP contribution in [0.5, 0.6) is 17.8 Å². The molecule has 8 heteroatoms. The molecule has 0 aliphatic heterocycles. The molecule has 1 aromatic heterocycles. The van der Waals surface area contributed by atoms with Gasteiger partial charge in [0.2, 0.25) is 5.95 Å². The van der Waals surface area contributed by atoms with Gasteiger partial charge in [0.1, 0.15) is 17.6 Å². The number of benzene rings is 1. The Labute approximate surface area is 120 Å². The summed E-state index contributed by atoms with van der Waals surface area (Å²) in [6.45, 7) is 2.36. The number of hydrogen-bond acceptors (Lipinski definition) is 7. The van der Waals surface area contributed by atoms with Gasteiger partial charge in [-0.15, -0.1) is 4.98 Å². The lowest BCUT2D eigenvalue weighted by Crippen LogP contribution is -2.05. The van der Waals surface area contributed by atoms with Crippen LogP contribution < -0.4 is 15.2 Å². The zero-order valence-electron chi connectivity index (χ0n) is 11.2. The van der Waals surface area contributed by atoms with E-state index < -0.39 is 5.82 Å². The summed E-state index contributed by atoms with van der Waals surface area (Å²) in [6, 6.07) is 5.42. The Morgan fingerprint density at radius 1 is 1.29 bits per heavy atom. The molecule has 7 nitrogen and oxygen atoms in total. The number of nitriles is 1. The summed E-state index contributed by atoms with van der Waals surface area (Å²) in [5.74, 6) is -0.627. The van der Waals surface area contributed by atoms with Crippen LogP contribution in [-0.4, -0.2) is 21.6 Å². The van der Waals surface area contributed by atoms with E-state index in [-0.39, 0.29) is 29.3 Å². The molecule has 21 heavy (non-hydrogen) atoms. The second-order valence-electron chi connectivity index (χ2n) is 3.96. The van der Waals surface area contributed by atoms with E-state index >= 15 is 0 Å². The highest BCUT2D eigenvalue weighted by Gasteiger charge is 2.09. The standard InChI is InChI=1S/C13H12FN5O2/c1-2-5-20-12-17-11(16)18-13(19-12)21-9-4-3-8(7-15)10(14)6-9/h3-4,6H,2,5H2,1H3,(H2,16,17,18,19). The Kier molecular flexibility index (Phi) is 4.46. The Balaban J connectivity index is 2.21. The van der Waals surface area contributed by atoms with E-state index in [1.807, 2.05) is 6.92 Å². The van der Waals surface area contributed by atoms with Gasteiger partial charge in [-0.1, -0.05) is 6.92 Å². The maximum absolute atomic E-state index is 13.5. The Morgan fingerprint density at radius 2 is 2.05 bits per heavy atom. The third kappa shape index (κ3) is 3.76. The minimum absolute atomic E-state index is 0.0356. The first-order valence-electron chi connectivity index (χ1n) is 6.14. The van der Waals surface area contributed by atoms with Crippen LogP contribution in [0.3, 0.4) is 0 Å². The topological polar surface area (TPSA) is 107 Å². The van der Waals surface area contributed by atoms with Crippen LogP contribution >= 0.6 is 0 Å². The highest BCUT2D eigenvalue weighted by molar-refractivity contribution is 5.37. The van der Waals surface area contributed by atoms with Gasteiger partial charge in [0.05, 0.1) is 12.2 Å². The quantitative estimate of drug-likeness (QED) is 0.897. The molecule has 2 aromatic rings. The summed E-state index contributed by atoms with van der Waals surface area (Å²) < 4.78 is 24.0. The molecular formula is C13H12FN5O2. The van der Waals surface area contributed by atoms with Gasteiger partial charge in [0.15, 0.2) is 0 Å². The maximum Gasteiger partial charge on any atom is 0.330 e. The van der Waals surface area contributed by atoms with E-state index in [1.54, 1.807) is 6.07 Å². The first-order valence-corrected chi connectivity index (χ1v) is 6.14. The molecule has 2 rings (SSSR count). The number of rotatable bonds is 5. The van der Waals surface area contributed by atoms with Crippen molar-refractivity contribution < 1.29 is 13.9 Å². The molecule has 0 unspecified atom stereocenters. The lowest BCUT2D eigenvalue weighted by molar-refractivity contribution is 0.285. The lowest BCUT2D eigenvalue weighted by atomic mass is 10.2. The molecule has 1 heterocycles. The SMILES string of the molecule is CCCOc1nc(N)nc(Oc2ccc(C#N)c(F)c2)n1. The number of aromatic nitrogens is 3. The van der Waals surface area contributed by atoms with Gasteiger partial charge in [0, 0.05) is 6.07 Å². The third-order valence-electron chi connectivity index (χ3n) is 2.32. The lowest BCUT2D eigenvalue weighted by Gasteiger charge is -2.07. The zero-order chi connectivity index (χ0) is 15.2. The molecule has 0 saturated carbocycles. The minimum Gasteiger partial charge on any atom is -0.463 e. The van der Waals surface area contributed by atoms with Gasteiger partial charge in [-0.3, -0.25) is 0 Å². The maximum atomic E-state index is 13.5. The smallest absolute Gasteiger partial charge is 0.330 e. The third-order valence-corrected chi connectivity index (χ3v) is 2.32. The summed E-state index contributed by atoms with van der Waals surface area (Å²) in [7, 11) is 0. The molecule has 0 radical (unpaired) electrons. The zero-order valence-corrected chi connectivity index (χ0v) is 11.2. The number of anilines is 1. The van der Waals surface area contributed by atoms with Crippen molar-refractivity contribution in [1.82, 2.24) is 15.0 Å². The van der Waals surface area contributed by atoms with Gasteiger partial charge < -0.3 is 15.2 Å². The largest absolute Gasteiger partial charge is 0.463 e. The molecule has 0 amide bonds. The second-order valence-corrected chi connectivity index (χ2v) is 3.96. The van der Waals surface area contributed by atoms with E-state index in [1.165, 1.54) is 12.1 Å². The summed E-state index contributed by atoms with van der Waals surface area (Å²) in [4.78, 5) is 11.5. The van der Waals surface area contributed by atoms with Crippen LogP contribution in [0.25, 0.3) is 0 Å². The van der Waals surface area contributed by atoms with Gasteiger partial charge in [-0.05, 0) is 18.6 Å². The van der Waals surface area contributed by atoms with Crippen molar-refractivity contribution in [2.75, 3.05) is 12.3 Å². The fourth-order valence-electron chi connectivity index (χ4n) is 1.41. The average molecular weight is 289 g/mol. The molecule has 0 bridgehead atoms. The van der Waals surface area contributed by atoms with E-state index in [0.29, 0.717) is 6.61 Å². The molecule has 0 atom stereocenters. The van der Waals surface area contributed by atoms with E-state index in [2.05, 4.69) is 15.0 Å². The van der Waals surface area contributed by atoms with E-state index in [9.17, 15) is 4.39 Å². The van der Waals surface area contributed by atoms with Crippen molar-refractivity contribution in [2.45, 2.75) is 13.3 Å². The Bertz CT molecular complexity index is 687. The van der Waals surface area contributed by atoms with Crippen molar-refractivity contribution >= 4 is 5.95 Å². The van der Waals surface area contributed by atoms with Crippen molar-refractivity contribution in [3.63, 3.8) is 0 Å². The van der Waals surface area contributed by atoms with Crippen LogP contribution in [0.1, 0.15) is 18.9 Å². The van der Waals surface area contributed by atoms with Crippen LogP contribution in [0.15, 0.2) is 18.2 Å². The molecule has 0 saturated heterocycles. The highest BCUT2D eigenvalue weighted by atomic mass is 19.1. The summed E-state index contributed by atoms with van der Waals surface area (Å²) in [5, 5.41) is 8.66. The molecular weight excluding hydrogens is 277 g/mol. The fraction of sp³-hybridized carbons (Fsp3) is 0.231. The van der Waals surface area contributed by atoms with Gasteiger partial charge in [-0.2, -0.15) is 15.2 Å². The summed E-state index contributed by atoms with van der Waals surface area (Å²) in [5.41, 5.74) is 5.44. The van der Waals surface area contributed by atoms with Crippen LogP contribution in [0, 0.1) is 17.1 Å². The van der Waals surface area contributed by atoms with Crippen molar-refractivity contribution in [3.8, 4) is 23.8 Å². The summed E-state index contributed by atoms with van der Waals surface area (Å²) >= 11 is 0.